The van der Waals surface area contributed by atoms with Crippen LogP contribution in [-0.2, 0) is 0 Å². The van der Waals surface area contributed by atoms with Gasteiger partial charge in [0.15, 0.2) is 0 Å². The summed E-state index contributed by atoms with van der Waals surface area (Å²) in [5, 5.41) is 0.779. The lowest BCUT2D eigenvalue weighted by Crippen LogP contribution is -1.79. The molecule has 0 saturated carbocycles. The molecule has 3 rings (SSSR count). The Kier molecular flexibility index (Phi) is 3.32. The van der Waals surface area contributed by atoms with Gasteiger partial charge in [-0.25, -0.2) is 9.83 Å². The van der Waals surface area contributed by atoms with Crippen LogP contribution >= 0.6 is 11.3 Å². The number of para-hydroxylation sites is 1. The van der Waals surface area contributed by atoms with Crippen LogP contribution in [0.5, 0.6) is 0 Å². The largest absolute Gasteiger partial charge is 0.248 e. The van der Waals surface area contributed by atoms with E-state index in [1.807, 2.05) is 54.6 Å². The van der Waals surface area contributed by atoms with Crippen molar-refractivity contribution in [2.75, 3.05) is 0 Å². The summed E-state index contributed by atoms with van der Waals surface area (Å²) < 4.78 is 1.11. The Hall–Kier alpha value is -2.44. The summed E-state index contributed by atoms with van der Waals surface area (Å²) in [6.45, 7) is 9.44. The lowest BCUT2D eigenvalue weighted by atomic mass is 10.1. The van der Waals surface area contributed by atoms with Gasteiger partial charge in [0.2, 0.25) is 5.70 Å². The molecule has 2 aromatic carbocycles. The molecule has 0 atom stereocenters. The van der Waals surface area contributed by atoms with Gasteiger partial charge in [0.1, 0.15) is 5.01 Å². The first-order valence-electron chi connectivity index (χ1n) is 6.28. The van der Waals surface area contributed by atoms with Crippen LogP contribution in [0, 0.1) is 13.5 Å². The number of aromatic nitrogens is 1. The molecule has 0 bridgehead atoms. The summed E-state index contributed by atoms with van der Waals surface area (Å²) in [6, 6.07) is 16.1. The summed E-state index contributed by atoms with van der Waals surface area (Å²) in [5.74, 6) is 0. The molecule has 1 heterocycles. The number of nitrogens with zero attached hydrogens (tertiary/aromatic N) is 2. The molecule has 3 aromatic rings. The van der Waals surface area contributed by atoms with Crippen LogP contribution in [0.25, 0.3) is 26.8 Å². The van der Waals surface area contributed by atoms with Gasteiger partial charge in [0.05, 0.1) is 16.8 Å². The van der Waals surface area contributed by atoms with Crippen molar-refractivity contribution >= 4 is 33.3 Å². The third-order valence-electron chi connectivity index (χ3n) is 3.01. The van der Waals surface area contributed by atoms with E-state index in [0.717, 1.165) is 20.8 Å². The van der Waals surface area contributed by atoms with Crippen molar-refractivity contribution in [3.05, 3.63) is 76.1 Å². The van der Waals surface area contributed by atoms with Gasteiger partial charge in [-0.15, -0.1) is 11.3 Å². The van der Waals surface area contributed by atoms with Crippen LogP contribution in [0.4, 0.5) is 0 Å². The summed E-state index contributed by atoms with van der Waals surface area (Å²) in [7, 11) is 0. The molecule has 20 heavy (non-hydrogen) atoms. The molecule has 1 aromatic heterocycles. The van der Waals surface area contributed by atoms with E-state index in [4.69, 9.17) is 6.57 Å². The normalized spacial score (nSPS) is 11.5. The summed E-state index contributed by atoms with van der Waals surface area (Å²) in [4.78, 5) is 8.16. The molecular weight excluding hydrogens is 264 g/mol. The standard InChI is InChI=1S/C17H12N2S/c1-12-7-9-13(10-8-12)11-15(18-2)17-19-14-5-3-4-6-16(14)20-17/h3-11H,1H3/b15-11-. The predicted octanol–water partition coefficient (Wildman–Crippen LogP) is 5.02. The van der Waals surface area contributed by atoms with Gasteiger partial charge in [-0.3, -0.25) is 0 Å². The topological polar surface area (TPSA) is 17.2 Å². The zero-order chi connectivity index (χ0) is 13.9. The first kappa shape index (κ1) is 12.6. The minimum absolute atomic E-state index is 0.593. The number of aryl methyl sites for hydroxylation is 1. The van der Waals surface area contributed by atoms with Gasteiger partial charge >= 0.3 is 0 Å². The highest BCUT2D eigenvalue weighted by atomic mass is 32.1. The lowest BCUT2D eigenvalue weighted by Gasteiger charge is -1.96. The van der Waals surface area contributed by atoms with E-state index in [0.29, 0.717) is 5.70 Å². The third kappa shape index (κ3) is 2.47. The molecular formula is C17H12N2S. The lowest BCUT2D eigenvalue weighted by molar-refractivity contribution is 1.44. The second-order valence-electron chi connectivity index (χ2n) is 4.54. The Morgan fingerprint density at radius 2 is 1.90 bits per heavy atom. The monoisotopic (exact) mass is 276 g/mol. The molecule has 96 valence electrons. The molecule has 0 saturated heterocycles. The molecule has 0 spiro atoms. The third-order valence-corrected chi connectivity index (χ3v) is 4.07. The SMILES string of the molecule is [C-]#[N+]/C(=C\c1ccc(C)cc1)c1nc2ccccc2s1. The van der Waals surface area contributed by atoms with Crippen LogP contribution in [-0.4, -0.2) is 4.98 Å². The summed E-state index contributed by atoms with van der Waals surface area (Å²) >= 11 is 1.56. The second-order valence-corrected chi connectivity index (χ2v) is 5.57. The number of fused-ring (bicyclic) bond motifs is 1. The molecule has 0 unspecified atom stereocenters. The van der Waals surface area contributed by atoms with Gasteiger partial charge in [-0.05, 0) is 30.7 Å². The number of thiazole rings is 1. The highest BCUT2D eigenvalue weighted by Crippen LogP contribution is 2.29. The van der Waals surface area contributed by atoms with Crippen LogP contribution in [0.15, 0.2) is 48.5 Å². The quantitative estimate of drug-likeness (QED) is 0.600. The number of benzene rings is 2. The fraction of sp³-hybridized carbons (Fsp3) is 0.0588. The first-order valence-corrected chi connectivity index (χ1v) is 7.10. The van der Waals surface area contributed by atoms with Crippen LogP contribution in [0.1, 0.15) is 16.1 Å². The summed E-state index contributed by atoms with van der Waals surface area (Å²) in [5.41, 5.74) is 3.79. The maximum atomic E-state index is 7.39. The second kappa shape index (κ2) is 5.28. The Labute approximate surface area is 121 Å². The first-order chi connectivity index (χ1) is 9.76. The zero-order valence-corrected chi connectivity index (χ0v) is 11.8. The maximum Gasteiger partial charge on any atom is 0.222 e. The van der Waals surface area contributed by atoms with Crippen molar-refractivity contribution in [1.29, 1.82) is 0 Å². The fourth-order valence-corrected chi connectivity index (χ4v) is 2.87. The Morgan fingerprint density at radius 3 is 2.60 bits per heavy atom. The van der Waals surface area contributed by atoms with E-state index in [2.05, 4.69) is 16.8 Å². The minimum atomic E-state index is 0.593. The Morgan fingerprint density at radius 1 is 1.15 bits per heavy atom. The van der Waals surface area contributed by atoms with Crippen molar-refractivity contribution in [2.24, 2.45) is 0 Å². The Bertz CT molecular complexity index is 787. The predicted molar refractivity (Wildman–Crippen MR) is 85.3 cm³/mol. The van der Waals surface area contributed by atoms with Crippen LogP contribution < -0.4 is 0 Å². The fourth-order valence-electron chi connectivity index (χ4n) is 1.94. The average molecular weight is 276 g/mol. The highest BCUT2D eigenvalue weighted by molar-refractivity contribution is 7.19. The number of hydrogen-bond donors (Lipinski definition) is 0. The number of rotatable bonds is 2. The van der Waals surface area contributed by atoms with Gasteiger partial charge in [0.25, 0.3) is 0 Å². The Balaban J connectivity index is 2.05. The van der Waals surface area contributed by atoms with Crippen LogP contribution in [0.3, 0.4) is 0 Å². The molecule has 0 aliphatic rings. The van der Waals surface area contributed by atoms with Gasteiger partial charge < -0.3 is 0 Å². The van der Waals surface area contributed by atoms with Crippen molar-refractivity contribution < 1.29 is 0 Å². The summed E-state index contributed by atoms with van der Waals surface area (Å²) in [6.07, 6.45) is 1.89. The molecule has 0 radical (unpaired) electrons. The molecule has 0 N–H and O–H groups in total. The van der Waals surface area contributed by atoms with E-state index in [1.54, 1.807) is 11.3 Å². The van der Waals surface area contributed by atoms with E-state index >= 15 is 0 Å². The van der Waals surface area contributed by atoms with Crippen molar-refractivity contribution in [3.63, 3.8) is 0 Å². The van der Waals surface area contributed by atoms with E-state index in [9.17, 15) is 0 Å². The van der Waals surface area contributed by atoms with Crippen molar-refractivity contribution in [1.82, 2.24) is 4.98 Å². The van der Waals surface area contributed by atoms with Gasteiger partial charge in [-0.1, -0.05) is 42.0 Å². The van der Waals surface area contributed by atoms with E-state index in [-0.39, 0.29) is 0 Å². The smallest absolute Gasteiger partial charge is 0.222 e. The van der Waals surface area contributed by atoms with Gasteiger partial charge in [-0.2, -0.15) is 0 Å². The van der Waals surface area contributed by atoms with Crippen LogP contribution in [0.2, 0.25) is 0 Å². The van der Waals surface area contributed by atoms with E-state index < -0.39 is 0 Å². The minimum Gasteiger partial charge on any atom is -0.248 e. The van der Waals surface area contributed by atoms with Crippen molar-refractivity contribution in [2.45, 2.75) is 6.92 Å². The maximum absolute atomic E-state index is 7.39. The molecule has 0 aliphatic heterocycles. The van der Waals surface area contributed by atoms with Crippen molar-refractivity contribution in [3.8, 4) is 0 Å². The molecule has 0 aliphatic carbocycles. The average Bonchev–Trinajstić information content (AvgIpc) is 2.90. The van der Waals surface area contributed by atoms with E-state index in [1.165, 1.54) is 5.56 Å². The number of hydrogen-bond acceptors (Lipinski definition) is 2. The molecule has 3 heteroatoms. The molecule has 2 nitrogen and oxygen atoms in total. The van der Waals surface area contributed by atoms with Gasteiger partial charge in [0, 0.05) is 0 Å². The highest BCUT2D eigenvalue weighted by Gasteiger charge is 2.08. The molecule has 0 amide bonds. The zero-order valence-electron chi connectivity index (χ0n) is 11.0. The molecule has 0 fully saturated rings.